The third-order valence-corrected chi connectivity index (χ3v) is 2.33. The minimum Gasteiger partial charge on any atom is -0.392 e. The first-order valence-electron chi connectivity index (χ1n) is 4.04. The molecule has 0 aromatic rings. The van der Waals surface area contributed by atoms with Crippen LogP contribution in [0.5, 0.6) is 0 Å². The van der Waals surface area contributed by atoms with Gasteiger partial charge in [-0.3, -0.25) is 0 Å². The van der Waals surface area contributed by atoms with Crippen molar-refractivity contribution in [1.29, 1.82) is 0 Å². The summed E-state index contributed by atoms with van der Waals surface area (Å²) in [6, 6.07) is 0. The van der Waals surface area contributed by atoms with Crippen LogP contribution in [0.2, 0.25) is 0 Å². The van der Waals surface area contributed by atoms with Gasteiger partial charge in [0.25, 0.3) is 0 Å². The summed E-state index contributed by atoms with van der Waals surface area (Å²) >= 11 is 0. The second-order valence-corrected chi connectivity index (χ2v) is 3.92. The molecule has 11 heavy (non-hydrogen) atoms. The Labute approximate surface area is 68.4 Å². The minimum atomic E-state index is 0.160. The zero-order chi connectivity index (χ0) is 8.48. The molecule has 0 unspecified atom stereocenters. The Bertz CT molecular complexity index is 209. The van der Waals surface area contributed by atoms with Crippen LogP contribution in [0.1, 0.15) is 27.2 Å². The number of rotatable bonds is 1. The molecule has 0 amide bonds. The van der Waals surface area contributed by atoms with Crippen LogP contribution in [0.4, 0.5) is 0 Å². The Kier molecular flexibility index (Phi) is 2.19. The molecule has 1 aliphatic carbocycles. The summed E-state index contributed by atoms with van der Waals surface area (Å²) in [6.45, 7) is 6.67. The van der Waals surface area contributed by atoms with Gasteiger partial charge in [0.1, 0.15) is 0 Å². The number of aliphatic hydroxyl groups excluding tert-OH is 1. The van der Waals surface area contributed by atoms with E-state index in [1.165, 1.54) is 5.57 Å². The fourth-order valence-electron chi connectivity index (χ4n) is 1.60. The molecule has 0 radical (unpaired) electrons. The molecule has 0 heterocycles. The standard InChI is InChI=1S/C10H16O/c1-8-4-5-9(7-11)10(2,3)6-8/h4-5,11H,6-7H2,1-3H3. The van der Waals surface area contributed by atoms with Crippen molar-refractivity contribution in [1.82, 2.24) is 0 Å². The zero-order valence-corrected chi connectivity index (χ0v) is 7.52. The quantitative estimate of drug-likeness (QED) is 0.611. The average Bonchev–Trinajstić information content (AvgIpc) is 1.85. The summed E-state index contributed by atoms with van der Waals surface area (Å²) < 4.78 is 0. The molecule has 0 saturated heterocycles. The van der Waals surface area contributed by atoms with E-state index in [1.807, 2.05) is 6.08 Å². The van der Waals surface area contributed by atoms with Crippen molar-refractivity contribution >= 4 is 0 Å². The van der Waals surface area contributed by atoms with Gasteiger partial charge in [0.2, 0.25) is 0 Å². The van der Waals surface area contributed by atoms with E-state index in [9.17, 15) is 0 Å². The number of hydrogen-bond acceptors (Lipinski definition) is 1. The summed E-state index contributed by atoms with van der Waals surface area (Å²) in [7, 11) is 0. The van der Waals surface area contributed by atoms with Crippen LogP contribution in [0, 0.1) is 5.41 Å². The van der Waals surface area contributed by atoms with Crippen LogP contribution in [0.3, 0.4) is 0 Å². The number of allylic oxidation sites excluding steroid dienone is 3. The van der Waals surface area contributed by atoms with E-state index in [-0.39, 0.29) is 12.0 Å². The molecule has 1 rings (SSSR count). The van der Waals surface area contributed by atoms with E-state index in [0.29, 0.717) is 0 Å². The first-order chi connectivity index (χ1) is 5.06. The van der Waals surface area contributed by atoms with Gasteiger partial charge in [-0.15, -0.1) is 0 Å². The molecule has 0 saturated carbocycles. The molecule has 0 aromatic carbocycles. The Balaban J connectivity index is 2.89. The highest BCUT2D eigenvalue weighted by atomic mass is 16.3. The van der Waals surface area contributed by atoms with Gasteiger partial charge < -0.3 is 5.11 Å². The Morgan fingerprint density at radius 3 is 2.55 bits per heavy atom. The largest absolute Gasteiger partial charge is 0.392 e. The molecule has 1 nitrogen and oxygen atoms in total. The monoisotopic (exact) mass is 152 g/mol. The lowest BCUT2D eigenvalue weighted by Gasteiger charge is -2.30. The highest BCUT2D eigenvalue weighted by molar-refractivity contribution is 5.28. The maximum absolute atomic E-state index is 9.02. The van der Waals surface area contributed by atoms with Crippen LogP contribution in [-0.4, -0.2) is 11.7 Å². The topological polar surface area (TPSA) is 20.2 Å². The molecule has 1 aliphatic rings. The van der Waals surface area contributed by atoms with Crippen molar-refractivity contribution in [2.24, 2.45) is 5.41 Å². The van der Waals surface area contributed by atoms with E-state index < -0.39 is 0 Å². The highest BCUT2D eigenvalue weighted by Crippen LogP contribution is 2.36. The van der Waals surface area contributed by atoms with E-state index in [2.05, 4.69) is 26.8 Å². The van der Waals surface area contributed by atoms with Crippen LogP contribution in [0.25, 0.3) is 0 Å². The van der Waals surface area contributed by atoms with Crippen molar-refractivity contribution in [2.45, 2.75) is 27.2 Å². The smallest absolute Gasteiger partial charge is 0.0650 e. The van der Waals surface area contributed by atoms with E-state index in [4.69, 9.17) is 5.11 Å². The molecule has 0 spiro atoms. The molecule has 1 N–H and O–H groups in total. The predicted molar refractivity (Wildman–Crippen MR) is 47.3 cm³/mol. The molecule has 62 valence electrons. The second-order valence-electron chi connectivity index (χ2n) is 3.92. The fourth-order valence-corrected chi connectivity index (χ4v) is 1.60. The van der Waals surface area contributed by atoms with Gasteiger partial charge in [0.05, 0.1) is 6.61 Å². The summed E-state index contributed by atoms with van der Waals surface area (Å²) in [5.74, 6) is 0. The lowest BCUT2D eigenvalue weighted by atomic mass is 9.76. The molecular weight excluding hydrogens is 136 g/mol. The molecule has 0 aromatic heterocycles. The van der Waals surface area contributed by atoms with Gasteiger partial charge in [-0.25, -0.2) is 0 Å². The van der Waals surface area contributed by atoms with Gasteiger partial charge in [0, 0.05) is 0 Å². The SMILES string of the molecule is CC1=CC=C(CO)C(C)(C)C1. The van der Waals surface area contributed by atoms with E-state index in [1.54, 1.807) is 0 Å². The van der Waals surface area contributed by atoms with Gasteiger partial charge in [0.15, 0.2) is 0 Å². The van der Waals surface area contributed by atoms with Crippen molar-refractivity contribution in [3.05, 3.63) is 23.3 Å². The molecule has 1 heteroatoms. The maximum Gasteiger partial charge on any atom is 0.0650 e. The van der Waals surface area contributed by atoms with Crippen molar-refractivity contribution in [3.63, 3.8) is 0 Å². The van der Waals surface area contributed by atoms with Gasteiger partial charge in [-0.05, 0) is 24.3 Å². The summed E-state index contributed by atoms with van der Waals surface area (Å²) in [5.41, 5.74) is 2.70. The molecule has 0 aliphatic heterocycles. The van der Waals surface area contributed by atoms with Gasteiger partial charge in [-0.1, -0.05) is 31.6 Å². The highest BCUT2D eigenvalue weighted by Gasteiger charge is 2.24. The Hall–Kier alpha value is -0.560. The van der Waals surface area contributed by atoms with Crippen LogP contribution < -0.4 is 0 Å². The third-order valence-electron chi connectivity index (χ3n) is 2.33. The van der Waals surface area contributed by atoms with Crippen LogP contribution in [-0.2, 0) is 0 Å². The number of aliphatic hydroxyl groups is 1. The van der Waals surface area contributed by atoms with Crippen LogP contribution >= 0.6 is 0 Å². The fraction of sp³-hybridized carbons (Fsp3) is 0.600. The third kappa shape index (κ3) is 1.72. The summed E-state index contributed by atoms with van der Waals surface area (Å²) in [6.07, 6.45) is 5.20. The predicted octanol–water partition coefficient (Wildman–Crippen LogP) is 2.28. The minimum absolute atomic E-state index is 0.160. The molecular formula is C10H16O. The first-order valence-corrected chi connectivity index (χ1v) is 4.04. The number of hydrogen-bond donors (Lipinski definition) is 1. The maximum atomic E-state index is 9.02. The molecule has 0 atom stereocenters. The Morgan fingerprint density at radius 1 is 1.45 bits per heavy atom. The molecule has 0 bridgehead atoms. The van der Waals surface area contributed by atoms with E-state index in [0.717, 1.165) is 12.0 Å². The van der Waals surface area contributed by atoms with Crippen molar-refractivity contribution in [2.75, 3.05) is 6.61 Å². The Morgan fingerprint density at radius 2 is 2.09 bits per heavy atom. The van der Waals surface area contributed by atoms with Gasteiger partial charge >= 0.3 is 0 Å². The van der Waals surface area contributed by atoms with Crippen molar-refractivity contribution < 1.29 is 5.11 Å². The second kappa shape index (κ2) is 2.82. The van der Waals surface area contributed by atoms with Crippen LogP contribution in [0.15, 0.2) is 23.3 Å². The van der Waals surface area contributed by atoms with Crippen molar-refractivity contribution in [3.8, 4) is 0 Å². The average molecular weight is 152 g/mol. The van der Waals surface area contributed by atoms with E-state index >= 15 is 0 Å². The first kappa shape index (κ1) is 8.54. The van der Waals surface area contributed by atoms with Gasteiger partial charge in [-0.2, -0.15) is 0 Å². The normalized spacial score (nSPS) is 22.5. The summed E-state index contributed by atoms with van der Waals surface area (Å²) in [5, 5.41) is 9.02. The molecule has 0 fully saturated rings. The zero-order valence-electron chi connectivity index (χ0n) is 7.52. The summed E-state index contributed by atoms with van der Waals surface area (Å²) in [4.78, 5) is 0. The lowest BCUT2D eigenvalue weighted by Crippen LogP contribution is -2.20. The lowest BCUT2D eigenvalue weighted by molar-refractivity contribution is 0.284.